The van der Waals surface area contributed by atoms with Crippen molar-refractivity contribution in [3.8, 4) is 0 Å². The van der Waals surface area contributed by atoms with Crippen molar-refractivity contribution in [2.45, 2.75) is 58.3 Å². The van der Waals surface area contributed by atoms with Crippen LogP contribution in [0.4, 0.5) is 0 Å². The summed E-state index contributed by atoms with van der Waals surface area (Å²) in [6.45, 7) is 2.19. The predicted molar refractivity (Wildman–Crippen MR) is 59.7 cm³/mol. The van der Waals surface area contributed by atoms with Gasteiger partial charge >= 0.3 is 5.97 Å². The highest BCUT2D eigenvalue weighted by atomic mass is 16.4. The zero-order valence-electron chi connectivity index (χ0n) is 9.67. The van der Waals surface area contributed by atoms with E-state index < -0.39 is 5.97 Å². The largest absolute Gasteiger partial charge is 0.481 e. The lowest BCUT2D eigenvalue weighted by Crippen LogP contribution is -2.32. The highest BCUT2D eigenvalue weighted by molar-refractivity contribution is 5.75. The summed E-state index contributed by atoms with van der Waals surface area (Å²) in [5.74, 6) is 0.864. The molecule has 2 aliphatic carbocycles. The second kappa shape index (κ2) is 4.15. The predicted octanol–water partition coefficient (Wildman–Crippen LogP) is 3.46. The summed E-state index contributed by atoms with van der Waals surface area (Å²) in [6.07, 6.45) is 8.97. The van der Waals surface area contributed by atoms with Gasteiger partial charge in [-0.05, 0) is 37.5 Å². The summed E-state index contributed by atoms with van der Waals surface area (Å²) in [6, 6.07) is 0. The molecule has 2 aliphatic rings. The van der Waals surface area contributed by atoms with Gasteiger partial charge in [-0.25, -0.2) is 0 Å². The number of carbonyl (C=O) groups is 1. The molecule has 86 valence electrons. The van der Waals surface area contributed by atoms with Crippen LogP contribution in [0.2, 0.25) is 0 Å². The van der Waals surface area contributed by atoms with Gasteiger partial charge in [-0.3, -0.25) is 4.79 Å². The van der Waals surface area contributed by atoms with Crippen LogP contribution in [0.1, 0.15) is 58.3 Å². The lowest BCUT2D eigenvalue weighted by Gasteiger charge is -2.34. The van der Waals surface area contributed by atoms with E-state index in [-0.39, 0.29) is 5.41 Å². The van der Waals surface area contributed by atoms with E-state index in [1.807, 2.05) is 0 Å². The van der Waals surface area contributed by atoms with Crippen molar-refractivity contribution < 1.29 is 9.90 Å². The van der Waals surface area contributed by atoms with Gasteiger partial charge in [0.1, 0.15) is 0 Å². The monoisotopic (exact) mass is 210 g/mol. The van der Waals surface area contributed by atoms with Crippen molar-refractivity contribution in [1.29, 1.82) is 0 Å². The minimum absolute atomic E-state index is 0.342. The maximum Gasteiger partial charge on any atom is 0.309 e. The van der Waals surface area contributed by atoms with Crippen LogP contribution < -0.4 is 0 Å². The fraction of sp³-hybridized carbons (Fsp3) is 0.923. The third-order valence-corrected chi connectivity index (χ3v) is 4.65. The lowest BCUT2D eigenvalue weighted by molar-refractivity contribution is -0.150. The van der Waals surface area contributed by atoms with Crippen LogP contribution in [0.5, 0.6) is 0 Å². The van der Waals surface area contributed by atoms with Crippen molar-refractivity contribution in [2.24, 2.45) is 17.3 Å². The summed E-state index contributed by atoms with van der Waals surface area (Å²) in [7, 11) is 0. The number of carboxylic acid groups (broad SMARTS) is 1. The molecule has 0 amide bonds. The molecule has 2 atom stereocenters. The molecule has 0 aromatic rings. The fourth-order valence-corrected chi connectivity index (χ4v) is 3.30. The molecule has 0 aromatic carbocycles. The van der Waals surface area contributed by atoms with Crippen LogP contribution in [-0.2, 0) is 4.79 Å². The molecule has 2 rings (SSSR count). The minimum Gasteiger partial charge on any atom is -0.481 e. The quantitative estimate of drug-likeness (QED) is 0.771. The third kappa shape index (κ3) is 2.04. The Morgan fingerprint density at radius 1 is 1.33 bits per heavy atom. The van der Waals surface area contributed by atoms with E-state index in [1.54, 1.807) is 0 Å². The Morgan fingerprint density at radius 3 is 2.47 bits per heavy atom. The van der Waals surface area contributed by atoms with Gasteiger partial charge in [0.15, 0.2) is 0 Å². The molecular weight excluding hydrogens is 188 g/mol. The van der Waals surface area contributed by atoms with Gasteiger partial charge < -0.3 is 5.11 Å². The summed E-state index contributed by atoms with van der Waals surface area (Å²) < 4.78 is 0. The first-order valence-corrected chi connectivity index (χ1v) is 6.39. The molecule has 0 bridgehead atoms. The molecule has 2 saturated carbocycles. The average Bonchev–Trinajstić information content (AvgIpc) is 2.56. The Balaban J connectivity index is 2.00. The summed E-state index contributed by atoms with van der Waals surface area (Å²) in [5.41, 5.74) is -0.342. The standard InChI is InChI=1S/C13H22O2/c1-2-10-6-7-13(8-10,12(14)15)9-11-4-3-5-11/h10-11H,2-9H2,1H3,(H,14,15). The van der Waals surface area contributed by atoms with Crippen LogP contribution >= 0.6 is 0 Å². The van der Waals surface area contributed by atoms with Gasteiger partial charge in [0.25, 0.3) is 0 Å². The molecule has 2 heteroatoms. The molecule has 0 spiro atoms. The van der Waals surface area contributed by atoms with Crippen LogP contribution in [0, 0.1) is 17.3 Å². The molecule has 1 N–H and O–H groups in total. The Bertz CT molecular complexity index is 245. The van der Waals surface area contributed by atoms with Crippen LogP contribution in [-0.4, -0.2) is 11.1 Å². The zero-order chi connectivity index (χ0) is 10.9. The average molecular weight is 210 g/mol. The molecular formula is C13H22O2. The van der Waals surface area contributed by atoms with Crippen molar-refractivity contribution in [3.63, 3.8) is 0 Å². The van der Waals surface area contributed by atoms with Crippen LogP contribution in [0.3, 0.4) is 0 Å². The van der Waals surface area contributed by atoms with Gasteiger partial charge in [-0.2, -0.15) is 0 Å². The van der Waals surface area contributed by atoms with Gasteiger partial charge in [-0.1, -0.05) is 32.6 Å². The molecule has 0 aliphatic heterocycles. The normalized spacial score (nSPS) is 36.5. The van der Waals surface area contributed by atoms with Crippen molar-refractivity contribution in [3.05, 3.63) is 0 Å². The first-order chi connectivity index (χ1) is 7.16. The number of rotatable bonds is 4. The van der Waals surface area contributed by atoms with E-state index in [0.717, 1.165) is 38.0 Å². The van der Waals surface area contributed by atoms with E-state index >= 15 is 0 Å². The second-order valence-electron chi connectivity index (χ2n) is 5.60. The number of hydrogen-bond acceptors (Lipinski definition) is 1. The Morgan fingerprint density at radius 2 is 2.07 bits per heavy atom. The SMILES string of the molecule is CCC1CCC(CC2CCC2)(C(=O)O)C1. The molecule has 0 saturated heterocycles. The van der Waals surface area contributed by atoms with Crippen LogP contribution in [0.25, 0.3) is 0 Å². The van der Waals surface area contributed by atoms with Gasteiger partial charge in [0, 0.05) is 0 Å². The van der Waals surface area contributed by atoms with E-state index in [1.165, 1.54) is 19.3 Å². The molecule has 2 unspecified atom stereocenters. The topological polar surface area (TPSA) is 37.3 Å². The zero-order valence-corrected chi connectivity index (χ0v) is 9.67. The van der Waals surface area contributed by atoms with E-state index in [9.17, 15) is 9.90 Å². The molecule has 0 radical (unpaired) electrons. The maximum absolute atomic E-state index is 11.5. The Hall–Kier alpha value is -0.530. The molecule has 2 nitrogen and oxygen atoms in total. The summed E-state index contributed by atoms with van der Waals surface area (Å²) >= 11 is 0. The first kappa shape index (κ1) is 11.0. The summed E-state index contributed by atoms with van der Waals surface area (Å²) in [4.78, 5) is 11.5. The van der Waals surface area contributed by atoms with Gasteiger partial charge in [0.2, 0.25) is 0 Å². The van der Waals surface area contributed by atoms with E-state index in [0.29, 0.717) is 5.92 Å². The van der Waals surface area contributed by atoms with Gasteiger partial charge in [0.05, 0.1) is 5.41 Å². The Kier molecular flexibility index (Phi) is 3.03. The van der Waals surface area contributed by atoms with Gasteiger partial charge in [-0.15, -0.1) is 0 Å². The number of carboxylic acids is 1. The van der Waals surface area contributed by atoms with E-state index in [2.05, 4.69) is 6.92 Å². The molecule has 0 aromatic heterocycles. The van der Waals surface area contributed by atoms with Crippen molar-refractivity contribution in [1.82, 2.24) is 0 Å². The molecule has 0 heterocycles. The maximum atomic E-state index is 11.5. The number of aliphatic carboxylic acids is 1. The van der Waals surface area contributed by atoms with Crippen LogP contribution in [0.15, 0.2) is 0 Å². The fourth-order valence-electron chi connectivity index (χ4n) is 3.30. The second-order valence-corrected chi connectivity index (χ2v) is 5.60. The highest BCUT2D eigenvalue weighted by Crippen LogP contribution is 2.50. The minimum atomic E-state index is -0.523. The molecule has 15 heavy (non-hydrogen) atoms. The van der Waals surface area contributed by atoms with Crippen molar-refractivity contribution in [2.75, 3.05) is 0 Å². The van der Waals surface area contributed by atoms with E-state index in [4.69, 9.17) is 0 Å². The smallest absolute Gasteiger partial charge is 0.309 e. The molecule has 2 fully saturated rings. The third-order valence-electron chi connectivity index (χ3n) is 4.65. The Labute approximate surface area is 92.1 Å². The summed E-state index contributed by atoms with van der Waals surface area (Å²) in [5, 5.41) is 9.45. The first-order valence-electron chi connectivity index (χ1n) is 6.39. The highest BCUT2D eigenvalue weighted by Gasteiger charge is 2.46. The lowest BCUT2D eigenvalue weighted by atomic mass is 9.70. The number of hydrogen-bond donors (Lipinski definition) is 1. The van der Waals surface area contributed by atoms with Crippen molar-refractivity contribution >= 4 is 5.97 Å².